The van der Waals surface area contributed by atoms with Gasteiger partial charge in [0, 0.05) is 91.7 Å². The monoisotopic (exact) mass is 1830 g/mol. The Kier molecular flexibility index (Phi) is 23.6. The van der Waals surface area contributed by atoms with Gasteiger partial charge in [0.1, 0.15) is 5.84 Å². The SMILES string of the molecule is C1=C(c2ccc(-c3ccccc3)cc2)NC(c2ccc3ccccc3c2)=NC1c1ccc2c(c1)C1(c3ccccc3-c3ccccc31)c1ccccc1-2.c1ccc(-c2cc(-c3ccccc3)cc(-c3nc(-c4cccc(-c5ccccn5)c4)nc(-c4cccc(-c5ccccn5)c4)n3)c2)cc1.c1ccc(-c2ccc(-c3cc(-c4cc(-c5ccccc5)nc(-c5ccccc5)c4)cc(-c4ccccn4)c3)nc2)cc1. The number of amidine groups is 1. The second-order valence-electron chi connectivity index (χ2n) is 35.9. The smallest absolute Gasteiger partial charge is 0.164 e. The summed E-state index contributed by atoms with van der Waals surface area (Å²) in [5.74, 6) is 2.64. The zero-order valence-corrected chi connectivity index (χ0v) is 77.9. The molecule has 2 aliphatic carbocycles. The van der Waals surface area contributed by atoms with Crippen LogP contribution >= 0.6 is 0 Å². The summed E-state index contributed by atoms with van der Waals surface area (Å²) < 4.78 is 0. The lowest BCUT2D eigenvalue weighted by atomic mass is 9.70. The standard InChI is InChI=1S/C51H34N2.C43H29N5.C39H27N3/c1-2-12-33(13-3-1)35-22-25-36(26-23-35)48-32-49(53-50(52-48)39-27-24-34-14-4-5-15-37(34)30-39)38-28-29-43-42-18-8-11-21-46(42)51(47(43)31-38)44-19-9-6-16-40(44)41-17-7-10-20-45(41)51;1-3-13-30(14-4-1)36-27-37(31-15-5-2-6-16-31)29-38(28-36)43-47-41(34-19-11-17-32(25-34)39-21-7-9-23-44-39)46-42(48-43)35-20-12-18-33(26-35)40-22-8-10-24-45-40;1-4-12-28(13-5-1)31-19-20-37(41-27-31)35-23-32(22-34(24-35)36-18-10-11-21-40-36)33-25-38(29-14-6-2-7-15-29)42-39(26-33)30-16-8-3-9-17-30/h1-32,49H,(H,52,53);1-29H;1-27H. The van der Waals surface area contributed by atoms with Crippen molar-refractivity contribution in [3.05, 3.63) is 573 Å². The van der Waals surface area contributed by atoms with Crippen molar-refractivity contribution in [2.75, 3.05) is 0 Å². The van der Waals surface area contributed by atoms with E-state index < -0.39 is 5.41 Å². The van der Waals surface area contributed by atoms with Crippen molar-refractivity contribution in [3.8, 4) is 180 Å². The Bertz CT molecular complexity index is 8390. The molecule has 10 nitrogen and oxygen atoms in total. The maximum Gasteiger partial charge on any atom is 0.164 e. The first-order valence-electron chi connectivity index (χ1n) is 48.3. The fourth-order valence-corrected chi connectivity index (χ4v) is 20.1. The van der Waals surface area contributed by atoms with Gasteiger partial charge in [0.25, 0.3) is 0 Å². The first-order valence-corrected chi connectivity index (χ1v) is 48.3. The maximum atomic E-state index is 5.48. The summed E-state index contributed by atoms with van der Waals surface area (Å²) >= 11 is 0. The van der Waals surface area contributed by atoms with E-state index in [4.69, 9.17) is 29.9 Å². The lowest BCUT2D eigenvalue weighted by Crippen LogP contribution is -2.28. The van der Waals surface area contributed by atoms with Gasteiger partial charge in [0.05, 0.1) is 45.6 Å². The van der Waals surface area contributed by atoms with E-state index in [1.54, 1.807) is 12.4 Å². The van der Waals surface area contributed by atoms with Crippen LogP contribution in [0, 0.1) is 0 Å². The molecule has 672 valence electrons. The van der Waals surface area contributed by atoms with Gasteiger partial charge in [-0.05, 0) is 232 Å². The summed E-state index contributed by atoms with van der Waals surface area (Å²) in [4.78, 5) is 44.6. The molecule has 0 radical (unpaired) electrons. The molecule has 1 unspecified atom stereocenters. The topological polar surface area (TPSA) is 128 Å². The van der Waals surface area contributed by atoms with E-state index in [-0.39, 0.29) is 6.04 Å². The highest BCUT2D eigenvalue weighted by molar-refractivity contribution is 6.07. The van der Waals surface area contributed by atoms with Crippen LogP contribution in [-0.2, 0) is 5.41 Å². The number of aliphatic imine (C=N–C) groups is 1. The Morgan fingerprint density at radius 1 is 0.189 bits per heavy atom. The molecule has 6 aromatic heterocycles. The van der Waals surface area contributed by atoms with Crippen LogP contribution in [-0.4, -0.2) is 45.7 Å². The molecule has 23 aromatic rings. The molecule has 3 aliphatic rings. The Labute approximate surface area is 831 Å². The molecule has 7 heterocycles. The minimum Gasteiger partial charge on any atom is -0.340 e. The predicted octanol–water partition coefficient (Wildman–Crippen LogP) is 32.2. The highest BCUT2D eigenvalue weighted by Gasteiger charge is 2.52. The van der Waals surface area contributed by atoms with Crippen LogP contribution in [0.2, 0.25) is 0 Å². The van der Waals surface area contributed by atoms with E-state index in [2.05, 4.69) is 409 Å². The molecule has 143 heavy (non-hydrogen) atoms. The van der Waals surface area contributed by atoms with E-state index in [0.29, 0.717) is 17.5 Å². The maximum absolute atomic E-state index is 5.48. The highest BCUT2D eigenvalue weighted by atomic mass is 15.1. The number of pyridine rings is 5. The molecule has 0 saturated carbocycles. The second kappa shape index (κ2) is 38.9. The molecule has 17 aromatic carbocycles. The fourth-order valence-electron chi connectivity index (χ4n) is 20.1. The Morgan fingerprint density at radius 3 is 1.03 bits per heavy atom. The number of benzene rings is 17. The number of fused-ring (bicyclic) bond motifs is 11. The van der Waals surface area contributed by atoms with E-state index in [1.807, 2.05) is 134 Å². The van der Waals surface area contributed by atoms with Crippen molar-refractivity contribution in [3.63, 3.8) is 0 Å². The molecule has 0 bridgehead atoms. The molecule has 0 saturated heterocycles. The van der Waals surface area contributed by atoms with E-state index in [1.165, 1.54) is 72.0 Å². The lowest BCUT2D eigenvalue weighted by molar-refractivity contribution is 0.786. The Morgan fingerprint density at radius 2 is 0.538 bits per heavy atom. The molecule has 1 N–H and O–H groups in total. The third-order valence-electron chi connectivity index (χ3n) is 27.1. The van der Waals surface area contributed by atoms with Crippen molar-refractivity contribution in [2.24, 2.45) is 4.99 Å². The van der Waals surface area contributed by atoms with E-state index in [9.17, 15) is 0 Å². The second-order valence-corrected chi connectivity index (χ2v) is 35.9. The number of aromatic nitrogens is 8. The number of hydrogen-bond donors (Lipinski definition) is 1. The van der Waals surface area contributed by atoms with Crippen LogP contribution in [0.4, 0.5) is 0 Å². The summed E-state index contributed by atoms with van der Waals surface area (Å²) in [5.41, 5.74) is 40.3. The Hall–Kier alpha value is -19.0. The van der Waals surface area contributed by atoms with Crippen LogP contribution < -0.4 is 5.32 Å². The van der Waals surface area contributed by atoms with E-state index >= 15 is 0 Å². The van der Waals surface area contributed by atoms with E-state index in [0.717, 1.165) is 151 Å². The average Bonchev–Trinajstić information content (AvgIpc) is 1.51. The summed E-state index contributed by atoms with van der Waals surface area (Å²) in [6.45, 7) is 0. The van der Waals surface area contributed by atoms with Gasteiger partial charge < -0.3 is 5.32 Å². The van der Waals surface area contributed by atoms with Gasteiger partial charge in [0.2, 0.25) is 0 Å². The van der Waals surface area contributed by atoms with Gasteiger partial charge in [-0.15, -0.1) is 0 Å². The van der Waals surface area contributed by atoms with Crippen LogP contribution in [0.15, 0.2) is 539 Å². The largest absolute Gasteiger partial charge is 0.340 e. The molecular weight excluding hydrogens is 1740 g/mol. The highest BCUT2D eigenvalue weighted by Crippen LogP contribution is 2.63. The van der Waals surface area contributed by atoms with Crippen molar-refractivity contribution in [1.82, 2.24) is 45.2 Å². The van der Waals surface area contributed by atoms with Gasteiger partial charge in [-0.2, -0.15) is 0 Å². The van der Waals surface area contributed by atoms with Crippen LogP contribution in [0.3, 0.4) is 0 Å². The fraction of sp³-hybridized carbons (Fsp3) is 0.0150. The van der Waals surface area contributed by atoms with Crippen molar-refractivity contribution in [1.29, 1.82) is 0 Å². The first kappa shape index (κ1) is 86.8. The van der Waals surface area contributed by atoms with Crippen LogP contribution in [0.5, 0.6) is 0 Å². The molecule has 1 atom stereocenters. The van der Waals surface area contributed by atoms with Gasteiger partial charge in [0.15, 0.2) is 17.5 Å². The summed E-state index contributed by atoms with van der Waals surface area (Å²) in [7, 11) is 0. The molecule has 10 heteroatoms. The zero-order chi connectivity index (χ0) is 95.2. The minimum absolute atomic E-state index is 0.195. The van der Waals surface area contributed by atoms with Crippen LogP contribution in [0.25, 0.3) is 196 Å². The number of hydrogen-bond acceptors (Lipinski definition) is 10. The molecule has 1 aliphatic heterocycles. The van der Waals surface area contributed by atoms with Gasteiger partial charge in [-0.25, -0.2) is 19.9 Å². The first-order chi connectivity index (χ1) is 70.8. The quantitative estimate of drug-likeness (QED) is 0.0948. The predicted molar refractivity (Wildman–Crippen MR) is 585 cm³/mol. The van der Waals surface area contributed by atoms with Gasteiger partial charge >= 0.3 is 0 Å². The third-order valence-corrected chi connectivity index (χ3v) is 27.1. The van der Waals surface area contributed by atoms with Gasteiger partial charge in [-0.1, -0.05) is 394 Å². The molecule has 1 spiro atoms. The average molecular weight is 1830 g/mol. The zero-order valence-electron chi connectivity index (χ0n) is 77.9. The molecule has 0 fully saturated rings. The summed E-state index contributed by atoms with van der Waals surface area (Å²) in [5, 5.41) is 6.18. The minimum atomic E-state index is -0.396. The molecule has 26 rings (SSSR count). The number of rotatable bonds is 17. The number of nitrogens with one attached hydrogen (secondary N) is 1. The lowest BCUT2D eigenvalue weighted by Gasteiger charge is -2.31. The third kappa shape index (κ3) is 17.7. The van der Waals surface area contributed by atoms with Crippen molar-refractivity contribution >= 4 is 22.3 Å². The molecule has 0 amide bonds. The normalized spacial score (nSPS) is 12.7. The van der Waals surface area contributed by atoms with Crippen molar-refractivity contribution < 1.29 is 0 Å². The number of nitrogens with zero attached hydrogens (tertiary/aromatic N) is 9. The van der Waals surface area contributed by atoms with Gasteiger partial charge in [-0.3, -0.25) is 24.9 Å². The Balaban J connectivity index is 0.000000116. The molecular formula is C133H90N10. The van der Waals surface area contributed by atoms with Crippen molar-refractivity contribution in [2.45, 2.75) is 11.5 Å². The summed E-state index contributed by atoms with van der Waals surface area (Å²) in [6, 6.07) is 176. The summed E-state index contributed by atoms with van der Waals surface area (Å²) in [6.07, 6.45) is 9.70. The van der Waals surface area contributed by atoms with Crippen LogP contribution in [0.1, 0.15) is 45.0 Å².